The van der Waals surface area contributed by atoms with E-state index in [1.807, 2.05) is 12.1 Å². The molecule has 0 unspecified atom stereocenters. The van der Waals surface area contributed by atoms with Gasteiger partial charge < -0.3 is 4.57 Å². The molecule has 5 heteroatoms. The van der Waals surface area contributed by atoms with E-state index in [9.17, 15) is 9.59 Å². The quantitative estimate of drug-likeness (QED) is 0.476. The summed E-state index contributed by atoms with van der Waals surface area (Å²) >= 11 is 0. The monoisotopic (exact) mass is 361 g/mol. The Bertz CT molecular complexity index is 1000. The molecule has 5 rings (SSSR count). The van der Waals surface area contributed by atoms with Crippen LogP contribution in [0.25, 0.3) is 10.9 Å². The molecule has 138 valence electrons. The van der Waals surface area contributed by atoms with E-state index in [0.717, 1.165) is 33.6 Å². The fourth-order valence-corrected chi connectivity index (χ4v) is 5.36. The van der Waals surface area contributed by atoms with E-state index in [-0.39, 0.29) is 35.5 Å². The summed E-state index contributed by atoms with van der Waals surface area (Å²) in [6.07, 6.45) is 6.84. The lowest BCUT2D eigenvalue weighted by atomic mass is 9.85. The van der Waals surface area contributed by atoms with Crippen molar-refractivity contribution in [2.45, 2.75) is 33.2 Å². The van der Waals surface area contributed by atoms with Gasteiger partial charge >= 0.3 is 0 Å². The number of benzene rings is 1. The van der Waals surface area contributed by atoms with E-state index in [0.29, 0.717) is 6.04 Å². The predicted octanol–water partition coefficient (Wildman–Crippen LogP) is 3.67. The Kier molecular flexibility index (Phi) is 3.45. The van der Waals surface area contributed by atoms with Crippen molar-refractivity contribution in [2.75, 3.05) is 0 Å². The lowest BCUT2D eigenvalue weighted by Gasteiger charge is -2.13. The SMILES string of the molecule is Cc1c(C=NN2C(=O)[C@@H]3[C@H](C2=O)[C@H]2C=C[C@H]3C2)c2ccccc2n1C(C)C. The van der Waals surface area contributed by atoms with Crippen LogP contribution < -0.4 is 0 Å². The summed E-state index contributed by atoms with van der Waals surface area (Å²) in [7, 11) is 0. The van der Waals surface area contributed by atoms with Gasteiger partial charge in [-0.25, -0.2) is 0 Å². The zero-order valence-corrected chi connectivity index (χ0v) is 15.8. The van der Waals surface area contributed by atoms with Crippen molar-refractivity contribution < 1.29 is 9.59 Å². The Labute approximate surface area is 158 Å². The van der Waals surface area contributed by atoms with Gasteiger partial charge in [0.05, 0.1) is 18.1 Å². The Balaban J connectivity index is 1.53. The van der Waals surface area contributed by atoms with E-state index in [2.05, 4.69) is 54.7 Å². The average molecular weight is 361 g/mol. The smallest absolute Gasteiger partial charge is 0.254 e. The second-order valence-electron chi connectivity index (χ2n) is 8.21. The molecule has 0 N–H and O–H groups in total. The van der Waals surface area contributed by atoms with Crippen LogP contribution in [0, 0.1) is 30.6 Å². The zero-order valence-electron chi connectivity index (χ0n) is 15.8. The lowest BCUT2D eigenvalue weighted by Crippen LogP contribution is -2.28. The predicted molar refractivity (Wildman–Crippen MR) is 104 cm³/mol. The number of imide groups is 1. The molecule has 4 atom stereocenters. The lowest BCUT2D eigenvalue weighted by molar-refractivity contribution is -0.140. The number of allylic oxidation sites excluding steroid dienone is 2. The number of fused-ring (bicyclic) bond motifs is 6. The maximum absolute atomic E-state index is 12.8. The highest BCUT2D eigenvalue weighted by Crippen LogP contribution is 2.52. The van der Waals surface area contributed by atoms with Gasteiger partial charge in [0.1, 0.15) is 0 Å². The fourth-order valence-electron chi connectivity index (χ4n) is 5.36. The van der Waals surface area contributed by atoms with Crippen LogP contribution in [0.1, 0.15) is 37.6 Å². The molecule has 0 spiro atoms. The van der Waals surface area contributed by atoms with Gasteiger partial charge in [0, 0.05) is 28.2 Å². The van der Waals surface area contributed by atoms with Crippen molar-refractivity contribution in [2.24, 2.45) is 28.8 Å². The molecule has 1 aromatic heterocycles. The third-order valence-corrected chi connectivity index (χ3v) is 6.47. The van der Waals surface area contributed by atoms with Gasteiger partial charge in [-0.15, -0.1) is 0 Å². The molecule has 5 nitrogen and oxygen atoms in total. The van der Waals surface area contributed by atoms with Gasteiger partial charge in [0.25, 0.3) is 11.8 Å². The summed E-state index contributed by atoms with van der Waals surface area (Å²) in [6.45, 7) is 6.36. The molecule has 2 aromatic rings. The molecule has 27 heavy (non-hydrogen) atoms. The van der Waals surface area contributed by atoms with Crippen LogP contribution >= 0.6 is 0 Å². The summed E-state index contributed by atoms with van der Waals surface area (Å²) in [4.78, 5) is 25.6. The third kappa shape index (κ3) is 2.14. The molecule has 1 saturated heterocycles. The number of amides is 2. The van der Waals surface area contributed by atoms with Crippen molar-refractivity contribution in [3.05, 3.63) is 47.7 Å². The maximum atomic E-state index is 12.8. The zero-order chi connectivity index (χ0) is 18.9. The first-order chi connectivity index (χ1) is 13.0. The summed E-state index contributed by atoms with van der Waals surface area (Å²) < 4.78 is 2.27. The van der Waals surface area contributed by atoms with E-state index < -0.39 is 0 Å². The highest BCUT2D eigenvalue weighted by atomic mass is 16.2. The first kappa shape index (κ1) is 16.5. The summed E-state index contributed by atoms with van der Waals surface area (Å²) in [5.41, 5.74) is 3.21. The number of hydrogen-bond donors (Lipinski definition) is 0. The second kappa shape index (κ2) is 5.65. The first-order valence-corrected chi connectivity index (χ1v) is 9.68. The van der Waals surface area contributed by atoms with Crippen LogP contribution in [0.15, 0.2) is 41.5 Å². The molecule has 2 fully saturated rings. The van der Waals surface area contributed by atoms with Gasteiger partial charge in [0.2, 0.25) is 0 Å². The van der Waals surface area contributed by atoms with Crippen molar-refractivity contribution >= 4 is 28.9 Å². The van der Waals surface area contributed by atoms with Crippen molar-refractivity contribution in [1.82, 2.24) is 9.58 Å². The molecule has 0 radical (unpaired) electrons. The Hall–Kier alpha value is -2.69. The highest BCUT2D eigenvalue weighted by Gasteiger charge is 2.59. The fraction of sp³-hybridized carbons (Fsp3) is 0.409. The van der Waals surface area contributed by atoms with Gasteiger partial charge in [-0.1, -0.05) is 30.4 Å². The van der Waals surface area contributed by atoms with Crippen LogP contribution in [0.2, 0.25) is 0 Å². The largest absolute Gasteiger partial charge is 0.342 e. The number of nitrogens with zero attached hydrogens (tertiary/aromatic N) is 3. The minimum absolute atomic E-state index is 0.136. The number of rotatable bonds is 3. The Morgan fingerprint density at radius 1 is 1.07 bits per heavy atom. The Morgan fingerprint density at radius 2 is 1.70 bits per heavy atom. The first-order valence-electron chi connectivity index (χ1n) is 9.68. The number of hydrazone groups is 1. The second-order valence-corrected chi connectivity index (χ2v) is 8.21. The van der Waals surface area contributed by atoms with Gasteiger partial charge in [-0.3, -0.25) is 9.59 Å². The van der Waals surface area contributed by atoms with E-state index >= 15 is 0 Å². The minimum Gasteiger partial charge on any atom is -0.342 e. The van der Waals surface area contributed by atoms with E-state index in [1.165, 1.54) is 0 Å². The maximum Gasteiger partial charge on any atom is 0.254 e. The summed E-state index contributed by atoms with van der Waals surface area (Å²) in [5.74, 6) is -0.264. The molecule has 2 bridgehead atoms. The molecule has 2 aliphatic carbocycles. The van der Waals surface area contributed by atoms with Crippen molar-refractivity contribution in [1.29, 1.82) is 0 Å². The van der Waals surface area contributed by atoms with E-state index in [4.69, 9.17) is 0 Å². The molecular formula is C22H23N3O2. The van der Waals surface area contributed by atoms with Crippen LogP contribution in [0.5, 0.6) is 0 Å². The Morgan fingerprint density at radius 3 is 2.33 bits per heavy atom. The number of carbonyl (C=O) groups excluding carboxylic acids is 2. The topological polar surface area (TPSA) is 54.7 Å². The molecular weight excluding hydrogens is 338 g/mol. The third-order valence-electron chi connectivity index (χ3n) is 6.47. The number of aromatic nitrogens is 1. The number of hydrogen-bond acceptors (Lipinski definition) is 3. The number of carbonyl (C=O) groups is 2. The normalized spacial score (nSPS) is 29.3. The average Bonchev–Trinajstić information content (AvgIpc) is 3.36. The van der Waals surface area contributed by atoms with Crippen LogP contribution in [-0.4, -0.2) is 27.6 Å². The van der Waals surface area contributed by atoms with Gasteiger partial charge in [-0.2, -0.15) is 10.1 Å². The summed E-state index contributed by atoms with van der Waals surface area (Å²) in [5, 5.41) is 6.60. The van der Waals surface area contributed by atoms with Crippen LogP contribution in [0.3, 0.4) is 0 Å². The van der Waals surface area contributed by atoms with E-state index in [1.54, 1.807) is 6.21 Å². The van der Waals surface area contributed by atoms with Gasteiger partial charge in [-0.05, 0) is 45.1 Å². The van der Waals surface area contributed by atoms with Gasteiger partial charge in [0.15, 0.2) is 0 Å². The molecule has 1 aliphatic heterocycles. The van der Waals surface area contributed by atoms with Crippen LogP contribution in [0.4, 0.5) is 0 Å². The molecule has 2 heterocycles. The molecule has 2 amide bonds. The number of para-hydroxylation sites is 1. The standard InChI is InChI=1S/C22H23N3O2/c1-12(2)24-13(3)17(16-6-4-5-7-18(16)24)11-23-25-21(26)19-14-8-9-15(10-14)20(19)22(25)27/h4-9,11-12,14-15,19-20H,10H2,1-3H3/t14-,15-,19-,20+/m0/s1. The molecule has 1 aromatic carbocycles. The van der Waals surface area contributed by atoms with Crippen LogP contribution in [-0.2, 0) is 9.59 Å². The summed E-state index contributed by atoms with van der Waals surface area (Å²) in [6, 6.07) is 8.50. The molecule has 3 aliphatic rings. The van der Waals surface area contributed by atoms with Crippen molar-refractivity contribution in [3.8, 4) is 0 Å². The minimum atomic E-state index is -0.206. The molecule has 1 saturated carbocycles. The van der Waals surface area contributed by atoms with Crippen molar-refractivity contribution in [3.63, 3.8) is 0 Å². The highest BCUT2D eigenvalue weighted by molar-refractivity contribution is 6.08.